The molecule has 0 bridgehead atoms. The summed E-state index contributed by atoms with van der Waals surface area (Å²) in [6, 6.07) is 2.01. The van der Waals surface area contributed by atoms with Crippen molar-refractivity contribution in [3.05, 3.63) is 0 Å². The molecule has 0 aliphatic carbocycles. The molecule has 2 saturated heterocycles. The Bertz CT molecular complexity index is 326. The van der Waals surface area contributed by atoms with Crippen molar-refractivity contribution in [2.45, 2.75) is 24.5 Å². The average molecular weight is 187 g/mol. The zero-order valence-electron chi connectivity index (χ0n) is 6.49. The van der Waals surface area contributed by atoms with Crippen molar-refractivity contribution in [1.82, 2.24) is 0 Å². The number of epoxide rings is 1. The van der Waals surface area contributed by atoms with Crippen LogP contribution in [0.5, 0.6) is 0 Å². The molecule has 0 aromatic heterocycles. The number of ether oxygens (including phenoxy) is 1. The zero-order chi connectivity index (χ0) is 8.82. The Balaban J connectivity index is 2.07. The molecule has 2 aliphatic heterocycles. The Labute approximate surface area is 71.0 Å². The van der Waals surface area contributed by atoms with Gasteiger partial charge in [0.05, 0.1) is 17.6 Å². The van der Waals surface area contributed by atoms with Gasteiger partial charge in [0.2, 0.25) is 0 Å². The third-order valence-corrected chi connectivity index (χ3v) is 4.22. The molecule has 12 heavy (non-hydrogen) atoms. The highest BCUT2D eigenvalue weighted by molar-refractivity contribution is 7.91. The van der Waals surface area contributed by atoms with Crippen LogP contribution in [0.3, 0.4) is 0 Å². The maximum atomic E-state index is 11.0. The van der Waals surface area contributed by atoms with Gasteiger partial charge in [-0.05, 0) is 12.8 Å². The van der Waals surface area contributed by atoms with Gasteiger partial charge in [0, 0.05) is 0 Å². The van der Waals surface area contributed by atoms with E-state index >= 15 is 0 Å². The van der Waals surface area contributed by atoms with E-state index in [1.54, 1.807) is 0 Å². The molecular formula is C7H9NO3S. The number of hydrogen-bond acceptors (Lipinski definition) is 4. The average Bonchev–Trinajstić information content (AvgIpc) is 2.72. The number of nitriles is 1. The van der Waals surface area contributed by atoms with Crippen LogP contribution in [0, 0.1) is 11.3 Å². The van der Waals surface area contributed by atoms with Crippen molar-refractivity contribution in [1.29, 1.82) is 5.26 Å². The highest BCUT2D eigenvalue weighted by Crippen LogP contribution is 2.45. The van der Waals surface area contributed by atoms with Gasteiger partial charge in [-0.1, -0.05) is 0 Å². The maximum Gasteiger partial charge on any atom is 0.173 e. The van der Waals surface area contributed by atoms with E-state index < -0.39 is 9.84 Å². The first-order valence-electron chi connectivity index (χ1n) is 3.86. The Hall–Kier alpha value is -0.600. The topological polar surface area (TPSA) is 70.5 Å². The van der Waals surface area contributed by atoms with Crippen LogP contribution in [0.2, 0.25) is 0 Å². The summed E-state index contributed by atoms with van der Waals surface area (Å²) in [5.74, 6) is 0.344. The van der Waals surface area contributed by atoms with Gasteiger partial charge < -0.3 is 4.74 Å². The molecule has 0 aromatic carbocycles. The molecule has 5 heteroatoms. The smallest absolute Gasteiger partial charge is 0.173 e. The maximum absolute atomic E-state index is 11.0. The van der Waals surface area contributed by atoms with Crippen molar-refractivity contribution in [2.75, 3.05) is 11.5 Å². The van der Waals surface area contributed by atoms with Gasteiger partial charge in [-0.2, -0.15) is 5.26 Å². The first-order chi connectivity index (χ1) is 5.58. The lowest BCUT2D eigenvalue weighted by Crippen LogP contribution is -2.30. The molecule has 2 aliphatic rings. The summed E-state index contributed by atoms with van der Waals surface area (Å²) in [7, 11) is -2.83. The monoisotopic (exact) mass is 187 g/mol. The lowest BCUT2D eigenvalue weighted by Gasteiger charge is -2.17. The summed E-state index contributed by atoms with van der Waals surface area (Å²) >= 11 is 0. The minimum Gasteiger partial charge on any atom is -0.350 e. The SMILES string of the molecule is N#CC1OC12CCS(=O)(=O)CC2. The molecule has 0 aromatic rings. The van der Waals surface area contributed by atoms with E-state index in [2.05, 4.69) is 0 Å². The largest absolute Gasteiger partial charge is 0.350 e. The molecule has 1 spiro atoms. The van der Waals surface area contributed by atoms with Crippen LogP contribution < -0.4 is 0 Å². The van der Waals surface area contributed by atoms with Gasteiger partial charge in [0.15, 0.2) is 15.9 Å². The van der Waals surface area contributed by atoms with Crippen LogP contribution in [-0.4, -0.2) is 31.6 Å². The number of hydrogen-bond donors (Lipinski definition) is 0. The fourth-order valence-corrected chi connectivity index (χ4v) is 3.13. The highest BCUT2D eigenvalue weighted by Gasteiger charge is 2.58. The second-order valence-corrected chi connectivity index (χ2v) is 5.65. The molecular weight excluding hydrogens is 178 g/mol. The summed E-state index contributed by atoms with van der Waals surface area (Å²) in [6.45, 7) is 0. The van der Waals surface area contributed by atoms with E-state index in [0.29, 0.717) is 12.8 Å². The van der Waals surface area contributed by atoms with E-state index in [1.807, 2.05) is 6.07 Å². The van der Waals surface area contributed by atoms with Gasteiger partial charge in [0.25, 0.3) is 0 Å². The Morgan fingerprint density at radius 3 is 2.42 bits per heavy atom. The van der Waals surface area contributed by atoms with Gasteiger partial charge >= 0.3 is 0 Å². The van der Waals surface area contributed by atoms with Crippen molar-refractivity contribution in [3.63, 3.8) is 0 Å². The molecule has 0 saturated carbocycles. The normalized spacial score (nSPS) is 35.8. The van der Waals surface area contributed by atoms with E-state index in [9.17, 15) is 8.42 Å². The predicted octanol–water partition coefficient (Wildman–Crippen LogP) is -0.144. The summed E-state index contributed by atoms with van der Waals surface area (Å²) < 4.78 is 27.2. The van der Waals surface area contributed by atoms with E-state index in [0.717, 1.165) is 0 Å². The third-order valence-electron chi connectivity index (χ3n) is 2.56. The summed E-state index contributed by atoms with van der Waals surface area (Å²) in [4.78, 5) is 0. The van der Waals surface area contributed by atoms with E-state index in [-0.39, 0.29) is 23.2 Å². The van der Waals surface area contributed by atoms with E-state index in [1.165, 1.54) is 0 Å². The molecule has 66 valence electrons. The van der Waals surface area contributed by atoms with Gasteiger partial charge in [-0.15, -0.1) is 0 Å². The van der Waals surface area contributed by atoms with Crippen molar-refractivity contribution >= 4 is 9.84 Å². The van der Waals surface area contributed by atoms with Crippen LogP contribution in [0.25, 0.3) is 0 Å². The molecule has 0 amide bonds. The highest BCUT2D eigenvalue weighted by atomic mass is 32.2. The molecule has 2 fully saturated rings. The van der Waals surface area contributed by atoms with Crippen LogP contribution in [0.1, 0.15) is 12.8 Å². The first kappa shape index (κ1) is 8.02. The Kier molecular flexibility index (Phi) is 1.48. The minimum atomic E-state index is -2.83. The van der Waals surface area contributed by atoms with Crippen LogP contribution in [0.15, 0.2) is 0 Å². The number of sulfone groups is 1. The molecule has 0 N–H and O–H groups in total. The lowest BCUT2D eigenvalue weighted by molar-refractivity contribution is 0.280. The van der Waals surface area contributed by atoms with Crippen LogP contribution in [-0.2, 0) is 14.6 Å². The zero-order valence-corrected chi connectivity index (χ0v) is 7.30. The standard InChI is InChI=1S/C7H9NO3S/c8-5-6-7(11-6)1-3-12(9,10)4-2-7/h6H,1-4H2. The summed E-state index contributed by atoms with van der Waals surface area (Å²) in [5, 5.41) is 8.53. The van der Waals surface area contributed by atoms with Crippen LogP contribution in [0.4, 0.5) is 0 Å². The Morgan fingerprint density at radius 1 is 1.42 bits per heavy atom. The van der Waals surface area contributed by atoms with E-state index in [4.69, 9.17) is 10.00 Å². The summed E-state index contributed by atoms with van der Waals surface area (Å²) in [6.07, 6.45) is 0.634. The van der Waals surface area contributed by atoms with Crippen molar-refractivity contribution < 1.29 is 13.2 Å². The van der Waals surface area contributed by atoms with Gasteiger partial charge in [-0.25, -0.2) is 8.42 Å². The summed E-state index contributed by atoms with van der Waals surface area (Å²) in [5.41, 5.74) is -0.389. The number of rotatable bonds is 0. The van der Waals surface area contributed by atoms with Gasteiger partial charge in [-0.3, -0.25) is 0 Å². The second-order valence-electron chi connectivity index (χ2n) is 3.34. The fourth-order valence-electron chi connectivity index (χ4n) is 1.61. The number of nitrogens with zero attached hydrogens (tertiary/aromatic N) is 1. The Morgan fingerprint density at radius 2 is 2.00 bits per heavy atom. The van der Waals surface area contributed by atoms with Crippen LogP contribution >= 0.6 is 0 Å². The van der Waals surface area contributed by atoms with Gasteiger partial charge in [0.1, 0.15) is 5.60 Å². The minimum absolute atomic E-state index is 0.172. The molecule has 2 heterocycles. The quantitative estimate of drug-likeness (QED) is 0.495. The fraction of sp³-hybridized carbons (Fsp3) is 0.857. The lowest BCUT2D eigenvalue weighted by atomic mass is 9.99. The molecule has 1 atom stereocenters. The molecule has 1 unspecified atom stereocenters. The van der Waals surface area contributed by atoms with Crippen molar-refractivity contribution in [3.8, 4) is 6.07 Å². The first-order valence-corrected chi connectivity index (χ1v) is 5.68. The molecule has 0 radical (unpaired) electrons. The predicted molar refractivity (Wildman–Crippen MR) is 41.1 cm³/mol. The molecule has 2 rings (SSSR count). The third kappa shape index (κ3) is 1.11. The molecule has 4 nitrogen and oxygen atoms in total. The second kappa shape index (κ2) is 2.21. The van der Waals surface area contributed by atoms with Crippen molar-refractivity contribution in [2.24, 2.45) is 0 Å².